The topological polar surface area (TPSA) is 50.4 Å². The van der Waals surface area contributed by atoms with Crippen LogP contribution in [0.2, 0.25) is 0 Å². The highest BCUT2D eigenvalue weighted by Gasteiger charge is 2.17. The second kappa shape index (κ2) is 5.92. The second-order valence-electron chi connectivity index (χ2n) is 5.13. The van der Waals surface area contributed by atoms with Crippen LogP contribution in [0.15, 0.2) is 42.5 Å². The van der Waals surface area contributed by atoms with Crippen LogP contribution in [0.5, 0.6) is 5.75 Å². The Bertz CT molecular complexity index is 608. The number of amides is 1. The van der Waals surface area contributed by atoms with Crippen molar-refractivity contribution < 1.29 is 9.53 Å². The highest BCUT2D eigenvalue weighted by atomic mass is 16.5. The van der Waals surface area contributed by atoms with Gasteiger partial charge in [-0.1, -0.05) is 30.3 Å². The highest BCUT2D eigenvalue weighted by Crippen LogP contribution is 2.20. The summed E-state index contributed by atoms with van der Waals surface area (Å²) in [6.45, 7) is 2.78. The smallest absolute Gasteiger partial charge is 0.257 e. The standard InChI is InChI=1S/C16H18N2O2/c19-16(18-10-12-8-17-9-12)11-20-15-6-5-13-3-1-2-4-14(13)7-15/h1-7,12,17H,8-11H2,(H,18,19). The minimum atomic E-state index is -0.0648. The quantitative estimate of drug-likeness (QED) is 0.867. The molecule has 0 atom stereocenters. The van der Waals surface area contributed by atoms with E-state index in [2.05, 4.69) is 16.7 Å². The Morgan fingerprint density at radius 1 is 1.20 bits per heavy atom. The normalized spacial score (nSPS) is 14.8. The molecule has 0 spiro atoms. The van der Waals surface area contributed by atoms with Crippen LogP contribution in [0.1, 0.15) is 0 Å². The van der Waals surface area contributed by atoms with Gasteiger partial charge in [0.1, 0.15) is 5.75 Å². The molecular formula is C16H18N2O2. The number of hydrogen-bond donors (Lipinski definition) is 2. The Morgan fingerprint density at radius 2 is 2.00 bits per heavy atom. The van der Waals surface area contributed by atoms with Gasteiger partial charge in [0, 0.05) is 25.6 Å². The predicted octanol–water partition coefficient (Wildman–Crippen LogP) is 1.55. The molecule has 2 aromatic rings. The minimum absolute atomic E-state index is 0.0648. The van der Waals surface area contributed by atoms with Gasteiger partial charge in [-0.25, -0.2) is 0 Å². The van der Waals surface area contributed by atoms with E-state index in [1.165, 1.54) is 5.39 Å². The Labute approximate surface area is 118 Å². The first-order chi connectivity index (χ1) is 9.81. The zero-order valence-electron chi connectivity index (χ0n) is 11.3. The molecule has 0 unspecified atom stereocenters. The van der Waals surface area contributed by atoms with Gasteiger partial charge >= 0.3 is 0 Å². The lowest BCUT2D eigenvalue weighted by atomic mass is 10.0. The first kappa shape index (κ1) is 12.9. The minimum Gasteiger partial charge on any atom is -0.484 e. The molecule has 1 heterocycles. The molecule has 0 saturated carbocycles. The SMILES string of the molecule is O=C(COc1ccc2ccccc2c1)NCC1CNC1. The van der Waals surface area contributed by atoms with Crippen molar-refractivity contribution in [3.63, 3.8) is 0 Å². The lowest BCUT2D eigenvalue weighted by molar-refractivity contribution is -0.123. The zero-order valence-corrected chi connectivity index (χ0v) is 11.3. The maximum Gasteiger partial charge on any atom is 0.257 e. The number of hydrogen-bond acceptors (Lipinski definition) is 3. The van der Waals surface area contributed by atoms with Crippen molar-refractivity contribution in [2.75, 3.05) is 26.2 Å². The molecule has 20 heavy (non-hydrogen) atoms. The average Bonchev–Trinajstić information content (AvgIpc) is 2.43. The molecule has 0 aromatic heterocycles. The van der Waals surface area contributed by atoms with E-state index in [1.807, 2.05) is 36.4 Å². The summed E-state index contributed by atoms with van der Waals surface area (Å²) in [6.07, 6.45) is 0. The molecule has 104 valence electrons. The molecule has 1 amide bonds. The maximum absolute atomic E-state index is 11.7. The fourth-order valence-electron chi connectivity index (χ4n) is 2.21. The number of nitrogens with one attached hydrogen (secondary N) is 2. The van der Waals surface area contributed by atoms with Crippen LogP contribution in [0.4, 0.5) is 0 Å². The van der Waals surface area contributed by atoms with Crippen molar-refractivity contribution >= 4 is 16.7 Å². The molecule has 0 aliphatic carbocycles. The number of fused-ring (bicyclic) bond motifs is 1. The predicted molar refractivity (Wildman–Crippen MR) is 78.8 cm³/mol. The Hall–Kier alpha value is -2.07. The van der Waals surface area contributed by atoms with E-state index in [9.17, 15) is 4.79 Å². The Morgan fingerprint density at radius 3 is 2.75 bits per heavy atom. The van der Waals surface area contributed by atoms with Gasteiger partial charge in [-0.05, 0) is 22.9 Å². The Balaban J connectivity index is 1.52. The summed E-state index contributed by atoms with van der Waals surface area (Å²) in [6, 6.07) is 13.9. The van der Waals surface area contributed by atoms with E-state index in [0.717, 1.165) is 30.8 Å². The monoisotopic (exact) mass is 270 g/mol. The van der Waals surface area contributed by atoms with E-state index in [1.54, 1.807) is 0 Å². The number of benzene rings is 2. The first-order valence-electron chi connectivity index (χ1n) is 6.90. The summed E-state index contributed by atoms with van der Waals surface area (Å²) >= 11 is 0. The largest absolute Gasteiger partial charge is 0.484 e. The van der Waals surface area contributed by atoms with Crippen LogP contribution in [0.3, 0.4) is 0 Å². The third-order valence-corrected chi connectivity index (χ3v) is 3.54. The van der Waals surface area contributed by atoms with Gasteiger partial charge in [0.25, 0.3) is 5.91 Å². The van der Waals surface area contributed by atoms with E-state index < -0.39 is 0 Å². The number of ether oxygens (including phenoxy) is 1. The molecule has 2 aromatic carbocycles. The fourth-order valence-corrected chi connectivity index (χ4v) is 2.21. The number of rotatable bonds is 5. The molecule has 0 radical (unpaired) electrons. The van der Waals surface area contributed by atoms with Crippen molar-refractivity contribution in [1.82, 2.24) is 10.6 Å². The van der Waals surface area contributed by atoms with Gasteiger partial charge in [-0.2, -0.15) is 0 Å². The molecule has 1 fully saturated rings. The summed E-state index contributed by atoms with van der Waals surface area (Å²) in [4.78, 5) is 11.7. The first-order valence-corrected chi connectivity index (χ1v) is 6.90. The molecule has 1 aliphatic rings. The third kappa shape index (κ3) is 3.08. The summed E-state index contributed by atoms with van der Waals surface area (Å²) in [5, 5.41) is 8.35. The van der Waals surface area contributed by atoms with Gasteiger partial charge in [-0.15, -0.1) is 0 Å². The van der Waals surface area contributed by atoms with Crippen LogP contribution in [-0.2, 0) is 4.79 Å². The van der Waals surface area contributed by atoms with Gasteiger partial charge in [-0.3, -0.25) is 4.79 Å². The fraction of sp³-hybridized carbons (Fsp3) is 0.312. The molecule has 4 heteroatoms. The van der Waals surface area contributed by atoms with Crippen molar-refractivity contribution in [3.8, 4) is 5.75 Å². The number of carbonyl (C=O) groups excluding carboxylic acids is 1. The maximum atomic E-state index is 11.7. The van der Waals surface area contributed by atoms with Crippen LogP contribution < -0.4 is 15.4 Å². The zero-order chi connectivity index (χ0) is 13.8. The van der Waals surface area contributed by atoms with Crippen LogP contribution in [0.25, 0.3) is 10.8 Å². The summed E-state index contributed by atoms with van der Waals surface area (Å²) in [5.74, 6) is 1.23. The van der Waals surface area contributed by atoms with Crippen LogP contribution in [0, 0.1) is 5.92 Å². The van der Waals surface area contributed by atoms with E-state index in [-0.39, 0.29) is 12.5 Å². The molecule has 4 nitrogen and oxygen atoms in total. The van der Waals surface area contributed by atoms with Crippen molar-refractivity contribution in [1.29, 1.82) is 0 Å². The molecule has 3 rings (SSSR count). The Kier molecular flexibility index (Phi) is 3.83. The molecule has 1 aliphatic heterocycles. The highest BCUT2D eigenvalue weighted by molar-refractivity contribution is 5.84. The van der Waals surface area contributed by atoms with E-state index in [0.29, 0.717) is 5.92 Å². The van der Waals surface area contributed by atoms with Gasteiger partial charge in [0.05, 0.1) is 0 Å². The lowest BCUT2D eigenvalue weighted by Gasteiger charge is -2.27. The summed E-state index contributed by atoms with van der Waals surface area (Å²) in [5.41, 5.74) is 0. The van der Waals surface area contributed by atoms with E-state index in [4.69, 9.17) is 4.74 Å². The van der Waals surface area contributed by atoms with E-state index >= 15 is 0 Å². The van der Waals surface area contributed by atoms with Crippen molar-refractivity contribution in [3.05, 3.63) is 42.5 Å². The van der Waals surface area contributed by atoms with Gasteiger partial charge < -0.3 is 15.4 Å². The summed E-state index contributed by atoms with van der Waals surface area (Å²) < 4.78 is 5.53. The third-order valence-electron chi connectivity index (χ3n) is 3.54. The lowest BCUT2D eigenvalue weighted by Crippen LogP contribution is -2.48. The van der Waals surface area contributed by atoms with Crippen molar-refractivity contribution in [2.45, 2.75) is 0 Å². The molecule has 0 bridgehead atoms. The van der Waals surface area contributed by atoms with Gasteiger partial charge in [0.15, 0.2) is 6.61 Å². The average molecular weight is 270 g/mol. The number of carbonyl (C=O) groups is 1. The molecule has 2 N–H and O–H groups in total. The second-order valence-corrected chi connectivity index (χ2v) is 5.13. The van der Waals surface area contributed by atoms with Gasteiger partial charge in [0.2, 0.25) is 0 Å². The van der Waals surface area contributed by atoms with Crippen molar-refractivity contribution in [2.24, 2.45) is 5.92 Å². The van der Waals surface area contributed by atoms with Crippen LogP contribution in [-0.4, -0.2) is 32.1 Å². The van der Waals surface area contributed by atoms with Crippen LogP contribution >= 0.6 is 0 Å². The molecule has 1 saturated heterocycles. The molecular weight excluding hydrogens is 252 g/mol. The summed E-state index contributed by atoms with van der Waals surface area (Å²) in [7, 11) is 0.